The second-order valence-corrected chi connectivity index (χ2v) is 0.635. The van der Waals surface area contributed by atoms with Crippen LogP contribution in [0.15, 0.2) is 22.8 Å². The fraction of sp³-hybridized carbons (Fsp3) is 0.250. The summed E-state index contributed by atoms with van der Waals surface area (Å²) < 4.78 is 0. The molecule has 0 aliphatic carbocycles. The highest BCUT2D eigenvalue weighted by molar-refractivity contribution is 5.41. The molecule has 6 heavy (non-hydrogen) atoms. The SMILES string of the molecule is C=CN=C=NC. The molecule has 32 valence electrons. The molecule has 0 aromatic heterocycles. The van der Waals surface area contributed by atoms with Gasteiger partial charge >= 0.3 is 0 Å². The number of aliphatic imine (C=N–C) groups is 2. The third kappa shape index (κ3) is 3.12. The molecular weight excluding hydrogens is 76.1 g/mol. The lowest BCUT2D eigenvalue weighted by Gasteiger charge is -1.55. The van der Waals surface area contributed by atoms with E-state index in [1.807, 2.05) is 0 Å². The predicted octanol–water partition coefficient (Wildman–Crippen LogP) is 0.934. The molecule has 0 aliphatic rings. The molecule has 0 aliphatic heterocycles. The van der Waals surface area contributed by atoms with Crippen molar-refractivity contribution < 1.29 is 0 Å². The van der Waals surface area contributed by atoms with Crippen LogP contribution >= 0.6 is 0 Å². The third-order valence-corrected chi connectivity index (χ3v) is 0.249. The summed E-state index contributed by atoms with van der Waals surface area (Å²) in [6.45, 7) is 3.31. The van der Waals surface area contributed by atoms with Gasteiger partial charge in [-0.15, -0.1) is 0 Å². The molecule has 0 spiro atoms. The minimum atomic E-state index is 1.38. The van der Waals surface area contributed by atoms with Gasteiger partial charge in [-0.05, 0) is 0 Å². The zero-order valence-electron chi connectivity index (χ0n) is 3.68. The van der Waals surface area contributed by atoms with Gasteiger partial charge in [0, 0.05) is 13.2 Å². The van der Waals surface area contributed by atoms with Crippen molar-refractivity contribution in [3.8, 4) is 0 Å². The van der Waals surface area contributed by atoms with Gasteiger partial charge in [0.25, 0.3) is 0 Å². The fourth-order valence-electron chi connectivity index (χ4n) is 0.0986. The second kappa shape index (κ2) is 4.12. The van der Waals surface area contributed by atoms with Gasteiger partial charge in [0.15, 0.2) is 0 Å². The lowest BCUT2D eigenvalue weighted by atomic mass is 11.0. The lowest BCUT2D eigenvalue weighted by molar-refractivity contribution is 1.45. The van der Waals surface area contributed by atoms with Crippen molar-refractivity contribution in [1.29, 1.82) is 0 Å². The summed E-state index contributed by atoms with van der Waals surface area (Å²) >= 11 is 0. The summed E-state index contributed by atoms with van der Waals surface area (Å²) in [7, 11) is 1.60. The normalized spacial score (nSPS) is 5.50. The molecule has 0 heterocycles. The van der Waals surface area contributed by atoms with Crippen molar-refractivity contribution >= 4 is 6.01 Å². The average molecular weight is 82.1 g/mol. The van der Waals surface area contributed by atoms with E-state index in [0.29, 0.717) is 0 Å². The summed E-state index contributed by atoms with van der Waals surface area (Å²) in [6, 6.07) is 2.33. The van der Waals surface area contributed by atoms with E-state index in [-0.39, 0.29) is 0 Å². The Morgan fingerprint density at radius 2 is 2.50 bits per heavy atom. The van der Waals surface area contributed by atoms with E-state index in [1.54, 1.807) is 7.05 Å². The Balaban J connectivity index is 3.46. The van der Waals surface area contributed by atoms with Gasteiger partial charge in [0.2, 0.25) is 0 Å². The molecule has 0 unspecified atom stereocenters. The van der Waals surface area contributed by atoms with Crippen LogP contribution in [0.25, 0.3) is 0 Å². The van der Waals surface area contributed by atoms with Crippen LogP contribution in [0.4, 0.5) is 0 Å². The molecule has 2 heteroatoms. The molecule has 0 N–H and O–H groups in total. The first kappa shape index (κ1) is 5.12. The van der Waals surface area contributed by atoms with Gasteiger partial charge < -0.3 is 0 Å². The van der Waals surface area contributed by atoms with Crippen LogP contribution in [0.2, 0.25) is 0 Å². The predicted molar refractivity (Wildman–Crippen MR) is 26.0 cm³/mol. The smallest absolute Gasteiger partial charge is 0.0939 e. The lowest BCUT2D eigenvalue weighted by Crippen LogP contribution is -1.45. The van der Waals surface area contributed by atoms with Crippen LogP contribution in [-0.4, -0.2) is 13.1 Å². The first-order valence-electron chi connectivity index (χ1n) is 1.56. The zero-order valence-corrected chi connectivity index (χ0v) is 3.68. The monoisotopic (exact) mass is 82.1 g/mol. The molecule has 0 saturated carbocycles. The van der Waals surface area contributed by atoms with Crippen LogP contribution in [0.5, 0.6) is 0 Å². The van der Waals surface area contributed by atoms with Gasteiger partial charge in [0.05, 0.1) is 6.01 Å². The summed E-state index contributed by atoms with van der Waals surface area (Å²) in [5.41, 5.74) is 0. The Morgan fingerprint density at radius 1 is 1.83 bits per heavy atom. The van der Waals surface area contributed by atoms with E-state index in [1.165, 1.54) is 6.20 Å². The minimum absolute atomic E-state index is 1.38. The van der Waals surface area contributed by atoms with Crippen molar-refractivity contribution in [2.45, 2.75) is 0 Å². The molecule has 0 rings (SSSR count). The molecule has 0 atom stereocenters. The minimum Gasteiger partial charge on any atom is -0.229 e. The van der Waals surface area contributed by atoms with E-state index in [2.05, 4.69) is 22.6 Å². The van der Waals surface area contributed by atoms with Crippen molar-refractivity contribution in [3.63, 3.8) is 0 Å². The molecular formula is C4H6N2. The zero-order chi connectivity index (χ0) is 4.83. The van der Waals surface area contributed by atoms with E-state index >= 15 is 0 Å². The van der Waals surface area contributed by atoms with Crippen LogP contribution < -0.4 is 0 Å². The van der Waals surface area contributed by atoms with E-state index in [9.17, 15) is 0 Å². The Bertz CT molecular complexity index is 87.7. The van der Waals surface area contributed by atoms with Crippen molar-refractivity contribution in [2.75, 3.05) is 7.05 Å². The maximum Gasteiger partial charge on any atom is 0.0939 e. The maximum absolute atomic E-state index is 3.44. The number of rotatable bonds is 1. The Labute approximate surface area is 36.9 Å². The molecule has 0 aromatic rings. The molecule has 0 amide bonds. The maximum atomic E-state index is 3.44. The van der Waals surface area contributed by atoms with Gasteiger partial charge in [0.1, 0.15) is 0 Å². The summed E-state index contributed by atoms with van der Waals surface area (Å²) in [5, 5.41) is 0. The van der Waals surface area contributed by atoms with Crippen molar-refractivity contribution in [2.24, 2.45) is 9.98 Å². The van der Waals surface area contributed by atoms with Crippen LogP contribution in [-0.2, 0) is 0 Å². The summed E-state index contributed by atoms with van der Waals surface area (Å²) in [5.74, 6) is 0. The summed E-state index contributed by atoms with van der Waals surface area (Å²) in [6.07, 6.45) is 1.38. The van der Waals surface area contributed by atoms with Crippen LogP contribution in [0.1, 0.15) is 0 Å². The Morgan fingerprint density at radius 3 is 2.67 bits per heavy atom. The van der Waals surface area contributed by atoms with E-state index in [0.717, 1.165) is 0 Å². The molecule has 2 nitrogen and oxygen atoms in total. The number of nitrogens with zero attached hydrogens (tertiary/aromatic N) is 2. The van der Waals surface area contributed by atoms with E-state index < -0.39 is 0 Å². The molecule has 0 bridgehead atoms. The number of hydrogen-bond acceptors (Lipinski definition) is 2. The van der Waals surface area contributed by atoms with Crippen LogP contribution in [0, 0.1) is 0 Å². The average Bonchev–Trinajstić information content (AvgIpc) is 1.61. The molecule has 0 fully saturated rings. The van der Waals surface area contributed by atoms with Crippen LogP contribution in [0.3, 0.4) is 0 Å². The second-order valence-electron chi connectivity index (χ2n) is 0.635. The third-order valence-electron chi connectivity index (χ3n) is 0.249. The number of hydrogen-bond donors (Lipinski definition) is 0. The highest BCUT2D eigenvalue weighted by atomic mass is 14.8. The first-order chi connectivity index (χ1) is 2.91. The van der Waals surface area contributed by atoms with Crippen molar-refractivity contribution in [3.05, 3.63) is 12.8 Å². The summed E-state index contributed by atoms with van der Waals surface area (Å²) in [4.78, 5) is 6.88. The van der Waals surface area contributed by atoms with Gasteiger partial charge in [-0.2, -0.15) is 4.99 Å². The van der Waals surface area contributed by atoms with E-state index in [4.69, 9.17) is 0 Å². The van der Waals surface area contributed by atoms with Crippen molar-refractivity contribution in [1.82, 2.24) is 0 Å². The largest absolute Gasteiger partial charge is 0.229 e. The van der Waals surface area contributed by atoms with Gasteiger partial charge in [-0.1, -0.05) is 6.58 Å². The quantitative estimate of drug-likeness (QED) is 0.420. The fourth-order valence-corrected chi connectivity index (χ4v) is 0.0986. The molecule has 0 radical (unpaired) electrons. The van der Waals surface area contributed by atoms with Gasteiger partial charge in [-0.25, -0.2) is 4.99 Å². The molecule has 0 saturated heterocycles. The van der Waals surface area contributed by atoms with Gasteiger partial charge in [-0.3, -0.25) is 0 Å². The standard InChI is InChI=1S/C4H6N2/c1-3-6-4-5-2/h3H,1H2,2H3. The Hall–Kier alpha value is -0.880. The topological polar surface area (TPSA) is 24.7 Å². The highest BCUT2D eigenvalue weighted by Crippen LogP contribution is 1.56. The first-order valence-corrected chi connectivity index (χ1v) is 1.56. The Kier molecular flexibility index (Phi) is 3.52. The highest BCUT2D eigenvalue weighted by Gasteiger charge is 1.41. The molecule has 0 aromatic carbocycles.